The highest BCUT2D eigenvalue weighted by atomic mass is 79.9. The number of fused-ring (bicyclic) bond motifs is 1. The lowest BCUT2D eigenvalue weighted by Crippen LogP contribution is -2.59. The van der Waals surface area contributed by atoms with Crippen molar-refractivity contribution in [3.8, 4) is 0 Å². The Morgan fingerprint density at radius 2 is 1.85 bits per heavy atom. The summed E-state index contributed by atoms with van der Waals surface area (Å²) in [5, 5.41) is 1.52. The minimum Gasteiger partial charge on any atom is -0.444 e. The SMILES string of the molecule is C[C@H]1CN(C(=O)OC(C)(C)C)C[C@H](C)N1c1ncnc2cc(Br)c(Cl)cc12. The molecule has 1 aliphatic rings. The van der Waals surface area contributed by atoms with Crippen molar-refractivity contribution < 1.29 is 9.53 Å². The van der Waals surface area contributed by atoms with Crippen LogP contribution in [0.1, 0.15) is 34.6 Å². The standard InChI is InChI=1S/C19H24BrClN4O2/c1-11-8-24(18(26)27-19(3,4)5)9-12(2)25(11)17-13-6-15(21)14(20)7-16(13)22-10-23-17/h6-7,10-12H,8-9H2,1-5H3/t11-,12-/m0/s1. The molecule has 3 rings (SSSR count). The monoisotopic (exact) mass is 454 g/mol. The van der Waals surface area contributed by atoms with Crippen LogP contribution in [0, 0.1) is 0 Å². The summed E-state index contributed by atoms with van der Waals surface area (Å²) in [6.07, 6.45) is 1.29. The minimum absolute atomic E-state index is 0.0711. The van der Waals surface area contributed by atoms with Gasteiger partial charge in [-0.3, -0.25) is 0 Å². The first-order chi connectivity index (χ1) is 12.6. The van der Waals surface area contributed by atoms with Crippen molar-refractivity contribution in [3.05, 3.63) is 28.0 Å². The molecule has 1 saturated heterocycles. The zero-order valence-corrected chi connectivity index (χ0v) is 18.5. The Labute approximate surface area is 173 Å². The third-order valence-electron chi connectivity index (χ3n) is 4.47. The fraction of sp³-hybridized carbons (Fsp3) is 0.526. The summed E-state index contributed by atoms with van der Waals surface area (Å²) in [5.41, 5.74) is 0.318. The number of nitrogens with zero attached hydrogens (tertiary/aromatic N) is 4. The fourth-order valence-electron chi connectivity index (χ4n) is 3.46. The first kappa shape index (κ1) is 20.1. The topological polar surface area (TPSA) is 58.6 Å². The predicted molar refractivity (Wildman–Crippen MR) is 111 cm³/mol. The molecule has 2 aromatic rings. The molecule has 0 unspecified atom stereocenters. The molecule has 0 saturated carbocycles. The lowest BCUT2D eigenvalue weighted by atomic mass is 10.1. The molecule has 1 aromatic carbocycles. The van der Waals surface area contributed by atoms with Crippen molar-refractivity contribution in [2.24, 2.45) is 0 Å². The largest absolute Gasteiger partial charge is 0.444 e. The van der Waals surface area contributed by atoms with Gasteiger partial charge in [-0.15, -0.1) is 0 Å². The Balaban J connectivity index is 1.90. The maximum atomic E-state index is 12.5. The zero-order chi connectivity index (χ0) is 19.9. The molecule has 0 spiro atoms. The molecule has 146 valence electrons. The number of halogens is 2. The first-order valence-electron chi connectivity index (χ1n) is 8.93. The third kappa shape index (κ3) is 4.29. The molecule has 1 amide bonds. The molecule has 2 heterocycles. The summed E-state index contributed by atoms with van der Waals surface area (Å²) in [5.74, 6) is 0.832. The van der Waals surface area contributed by atoms with E-state index in [1.54, 1.807) is 11.2 Å². The molecule has 0 N–H and O–H groups in total. The summed E-state index contributed by atoms with van der Waals surface area (Å²) in [4.78, 5) is 25.4. The van der Waals surface area contributed by atoms with Crippen molar-refractivity contribution in [1.29, 1.82) is 0 Å². The second kappa shape index (κ2) is 7.43. The molecular formula is C19H24BrClN4O2. The van der Waals surface area contributed by atoms with E-state index in [0.29, 0.717) is 18.1 Å². The van der Waals surface area contributed by atoms with Crippen LogP contribution in [0.25, 0.3) is 10.9 Å². The van der Waals surface area contributed by atoms with Crippen LogP contribution in [0.15, 0.2) is 22.9 Å². The Morgan fingerprint density at radius 1 is 1.22 bits per heavy atom. The quantitative estimate of drug-likeness (QED) is 0.613. The Kier molecular flexibility index (Phi) is 5.54. The van der Waals surface area contributed by atoms with E-state index in [-0.39, 0.29) is 18.2 Å². The van der Waals surface area contributed by atoms with Crippen molar-refractivity contribution in [3.63, 3.8) is 0 Å². The van der Waals surface area contributed by atoms with Gasteiger partial charge in [0.1, 0.15) is 17.7 Å². The van der Waals surface area contributed by atoms with Crippen LogP contribution in [0.2, 0.25) is 5.02 Å². The van der Waals surface area contributed by atoms with E-state index in [0.717, 1.165) is 21.2 Å². The average Bonchev–Trinajstić information content (AvgIpc) is 2.54. The van der Waals surface area contributed by atoms with Crippen LogP contribution in [-0.2, 0) is 4.74 Å². The van der Waals surface area contributed by atoms with E-state index < -0.39 is 5.60 Å². The third-order valence-corrected chi connectivity index (χ3v) is 5.67. The van der Waals surface area contributed by atoms with Gasteiger partial charge in [0.15, 0.2) is 0 Å². The Bertz CT molecular complexity index is 859. The summed E-state index contributed by atoms with van der Waals surface area (Å²) in [6.45, 7) is 10.9. The summed E-state index contributed by atoms with van der Waals surface area (Å²) in [7, 11) is 0. The van der Waals surface area contributed by atoms with Crippen LogP contribution >= 0.6 is 27.5 Å². The van der Waals surface area contributed by atoms with E-state index in [1.165, 1.54) is 0 Å². The molecule has 0 bridgehead atoms. The summed E-state index contributed by atoms with van der Waals surface area (Å²) in [6, 6.07) is 3.93. The van der Waals surface area contributed by atoms with Crippen molar-refractivity contribution in [1.82, 2.24) is 14.9 Å². The van der Waals surface area contributed by atoms with E-state index in [9.17, 15) is 4.79 Å². The maximum Gasteiger partial charge on any atom is 0.410 e. The van der Waals surface area contributed by atoms with Gasteiger partial charge in [-0.2, -0.15) is 0 Å². The minimum atomic E-state index is -0.506. The van der Waals surface area contributed by atoms with Crippen LogP contribution in [-0.4, -0.2) is 51.7 Å². The number of carbonyl (C=O) groups is 1. The number of piperazine rings is 1. The normalized spacial score (nSPS) is 20.9. The number of benzene rings is 1. The van der Waals surface area contributed by atoms with E-state index >= 15 is 0 Å². The van der Waals surface area contributed by atoms with Gasteiger partial charge >= 0.3 is 6.09 Å². The van der Waals surface area contributed by atoms with Gasteiger partial charge < -0.3 is 14.5 Å². The second-order valence-corrected chi connectivity index (χ2v) is 9.23. The Hall–Kier alpha value is -1.60. The number of carbonyl (C=O) groups excluding carboxylic acids is 1. The highest BCUT2D eigenvalue weighted by Crippen LogP contribution is 2.34. The number of anilines is 1. The van der Waals surface area contributed by atoms with Gasteiger partial charge in [0, 0.05) is 35.0 Å². The van der Waals surface area contributed by atoms with Gasteiger partial charge in [0.05, 0.1) is 10.5 Å². The van der Waals surface area contributed by atoms with E-state index in [2.05, 4.69) is 44.6 Å². The van der Waals surface area contributed by atoms with Crippen LogP contribution < -0.4 is 4.90 Å². The number of hydrogen-bond donors (Lipinski definition) is 0. The summed E-state index contributed by atoms with van der Waals surface area (Å²) >= 11 is 9.75. The van der Waals surface area contributed by atoms with Gasteiger partial charge in [-0.25, -0.2) is 14.8 Å². The molecule has 27 heavy (non-hydrogen) atoms. The number of amides is 1. The first-order valence-corrected chi connectivity index (χ1v) is 10.1. The summed E-state index contributed by atoms with van der Waals surface area (Å²) < 4.78 is 6.34. The molecule has 0 radical (unpaired) electrons. The smallest absolute Gasteiger partial charge is 0.410 e. The van der Waals surface area contributed by atoms with Crippen molar-refractivity contribution in [2.45, 2.75) is 52.3 Å². The van der Waals surface area contributed by atoms with Gasteiger partial charge in [-0.05, 0) is 62.7 Å². The number of hydrogen-bond acceptors (Lipinski definition) is 5. The molecular weight excluding hydrogens is 432 g/mol. The van der Waals surface area contributed by atoms with Crippen LogP contribution in [0.3, 0.4) is 0 Å². The van der Waals surface area contributed by atoms with Gasteiger partial charge in [0.2, 0.25) is 0 Å². The average molecular weight is 456 g/mol. The highest BCUT2D eigenvalue weighted by molar-refractivity contribution is 9.10. The lowest BCUT2D eigenvalue weighted by molar-refractivity contribution is 0.0192. The Morgan fingerprint density at radius 3 is 2.44 bits per heavy atom. The molecule has 8 heteroatoms. The second-order valence-electron chi connectivity index (χ2n) is 7.97. The fourth-order valence-corrected chi connectivity index (χ4v) is 3.95. The van der Waals surface area contributed by atoms with Crippen LogP contribution in [0.4, 0.5) is 10.6 Å². The molecule has 1 aliphatic heterocycles. The van der Waals surface area contributed by atoms with Gasteiger partial charge in [-0.1, -0.05) is 11.6 Å². The molecule has 0 aliphatic carbocycles. The maximum absolute atomic E-state index is 12.5. The number of ether oxygens (including phenoxy) is 1. The van der Waals surface area contributed by atoms with Crippen molar-refractivity contribution in [2.75, 3.05) is 18.0 Å². The number of rotatable bonds is 1. The van der Waals surface area contributed by atoms with E-state index in [1.807, 2.05) is 32.9 Å². The predicted octanol–water partition coefficient (Wildman–Crippen LogP) is 4.88. The van der Waals surface area contributed by atoms with Crippen LogP contribution in [0.5, 0.6) is 0 Å². The lowest BCUT2D eigenvalue weighted by Gasteiger charge is -2.45. The highest BCUT2D eigenvalue weighted by Gasteiger charge is 2.35. The number of aromatic nitrogens is 2. The van der Waals surface area contributed by atoms with Gasteiger partial charge in [0.25, 0.3) is 0 Å². The molecule has 1 aromatic heterocycles. The zero-order valence-electron chi connectivity index (χ0n) is 16.2. The van der Waals surface area contributed by atoms with E-state index in [4.69, 9.17) is 16.3 Å². The molecule has 1 fully saturated rings. The van der Waals surface area contributed by atoms with Crippen molar-refractivity contribution >= 4 is 50.3 Å². The molecule has 6 nitrogen and oxygen atoms in total. The molecule has 2 atom stereocenters.